The van der Waals surface area contributed by atoms with Crippen molar-refractivity contribution in [2.45, 2.75) is 50.9 Å². The van der Waals surface area contributed by atoms with E-state index >= 15 is 0 Å². The van der Waals surface area contributed by atoms with Gasteiger partial charge in [-0.2, -0.15) is 0 Å². The molecule has 3 nitrogen and oxygen atoms in total. The fourth-order valence-electron chi connectivity index (χ4n) is 1.78. The van der Waals surface area contributed by atoms with Crippen LogP contribution in [0.15, 0.2) is 0 Å². The molecule has 0 atom stereocenters. The molecule has 78 valence electrons. The Kier molecular flexibility index (Phi) is 2.30. The Bertz CT molecular complexity index is 339. The van der Waals surface area contributed by atoms with E-state index in [1.807, 2.05) is 0 Å². The third kappa shape index (κ3) is 1.44. The Hall–Kier alpha value is -0.570. The smallest absolute Gasteiger partial charge is 0.148 e. The number of aromatic nitrogens is 3. The first-order valence-corrected chi connectivity index (χ1v) is 5.62. The van der Waals surface area contributed by atoms with Crippen LogP contribution in [0.4, 0.5) is 0 Å². The summed E-state index contributed by atoms with van der Waals surface area (Å²) in [5, 5.41) is 8.41. The summed E-state index contributed by atoms with van der Waals surface area (Å²) in [7, 11) is 0. The third-order valence-electron chi connectivity index (χ3n) is 2.94. The van der Waals surface area contributed by atoms with Crippen molar-refractivity contribution in [1.29, 1.82) is 0 Å². The average molecular weight is 214 g/mol. The van der Waals surface area contributed by atoms with E-state index in [0.29, 0.717) is 11.9 Å². The summed E-state index contributed by atoms with van der Waals surface area (Å²) >= 11 is 5.84. The Morgan fingerprint density at radius 2 is 2.07 bits per heavy atom. The molecule has 0 N–H and O–H groups in total. The Balaban J connectivity index is 2.45. The predicted molar refractivity (Wildman–Crippen MR) is 56.6 cm³/mol. The highest BCUT2D eigenvalue weighted by Crippen LogP contribution is 2.47. The molecule has 0 saturated heterocycles. The number of rotatable bonds is 3. The molecule has 1 aromatic rings. The van der Waals surface area contributed by atoms with Crippen LogP contribution >= 0.6 is 11.6 Å². The van der Waals surface area contributed by atoms with Crippen molar-refractivity contribution in [1.82, 2.24) is 14.8 Å². The van der Waals surface area contributed by atoms with Crippen molar-refractivity contribution in [3.8, 4) is 0 Å². The van der Waals surface area contributed by atoms with Crippen LogP contribution in [0.5, 0.6) is 0 Å². The van der Waals surface area contributed by atoms with E-state index in [9.17, 15) is 0 Å². The van der Waals surface area contributed by atoms with Crippen LogP contribution in [0.2, 0.25) is 0 Å². The third-order valence-corrected chi connectivity index (χ3v) is 3.18. The van der Waals surface area contributed by atoms with Crippen LogP contribution in [0.3, 0.4) is 0 Å². The molecule has 2 rings (SSSR count). The Labute approximate surface area is 89.5 Å². The molecule has 0 radical (unpaired) electrons. The minimum Gasteiger partial charge on any atom is -0.311 e. The number of halogens is 1. The minimum atomic E-state index is 0.265. The molecule has 0 aliphatic heterocycles. The molecular weight excluding hydrogens is 198 g/mol. The van der Waals surface area contributed by atoms with Gasteiger partial charge in [0.2, 0.25) is 0 Å². The van der Waals surface area contributed by atoms with E-state index < -0.39 is 0 Å². The highest BCUT2D eigenvalue weighted by molar-refractivity contribution is 6.16. The van der Waals surface area contributed by atoms with E-state index in [-0.39, 0.29) is 5.41 Å². The number of hydrogen-bond donors (Lipinski definition) is 0. The van der Waals surface area contributed by atoms with Gasteiger partial charge in [-0.3, -0.25) is 0 Å². The molecule has 1 saturated carbocycles. The molecule has 1 fully saturated rings. The zero-order valence-corrected chi connectivity index (χ0v) is 9.67. The fourth-order valence-corrected chi connectivity index (χ4v) is 1.96. The van der Waals surface area contributed by atoms with E-state index in [1.54, 1.807) is 0 Å². The lowest BCUT2D eigenvalue weighted by atomic mass is 10.1. The van der Waals surface area contributed by atoms with Crippen molar-refractivity contribution < 1.29 is 0 Å². The molecule has 1 aliphatic rings. The summed E-state index contributed by atoms with van der Waals surface area (Å²) in [5.41, 5.74) is 0.265. The van der Waals surface area contributed by atoms with Gasteiger partial charge in [0.1, 0.15) is 11.6 Å². The quantitative estimate of drug-likeness (QED) is 0.723. The lowest BCUT2D eigenvalue weighted by Crippen LogP contribution is -2.15. The first kappa shape index (κ1) is 9.97. The van der Waals surface area contributed by atoms with Crippen LogP contribution in [0.25, 0.3) is 0 Å². The maximum atomic E-state index is 5.84. The molecule has 1 aliphatic carbocycles. The van der Waals surface area contributed by atoms with Gasteiger partial charge in [0.25, 0.3) is 0 Å². The highest BCUT2D eigenvalue weighted by atomic mass is 35.5. The molecule has 0 unspecified atom stereocenters. The van der Waals surface area contributed by atoms with Gasteiger partial charge >= 0.3 is 0 Å². The summed E-state index contributed by atoms with van der Waals surface area (Å²) < 4.78 is 2.18. The van der Waals surface area contributed by atoms with Crippen LogP contribution in [-0.2, 0) is 11.3 Å². The summed E-state index contributed by atoms with van der Waals surface area (Å²) in [6.07, 6.45) is 2.44. The molecule has 14 heavy (non-hydrogen) atoms. The first-order valence-electron chi connectivity index (χ1n) is 5.09. The van der Waals surface area contributed by atoms with E-state index in [2.05, 4.69) is 35.5 Å². The summed E-state index contributed by atoms with van der Waals surface area (Å²) in [6, 6.07) is 0.395. The average Bonchev–Trinajstić information content (AvgIpc) is 2.74. The molecule has 0 amide bonds. The lowest BCUT2D eigenvalue weighted by molar-refractivity contribution is 0.521. The first-order chi connectivity index (χ1) is 6.58. The zero-order chi connectivity index (χ0) is 10.3. The SMILES string of the molecule is CC(C)n1c(CCl)nnc1C1(C)CC1. The Morgan fingerprint density at radius 3 is 2.50 bits per heavy atom. The fraction of sp³-hybridized carbons (Fsp3) is 0.800. The van der Waals surface area contributed by atoms with E-state index in [4.69, 9.17) is 11.6 Å². The van der Waals surface area contributed by atoms with Crippen LogP contribution in [0.1, 0.15) is 51.3 Å². The van der Waals surface area contributed by atoms with Gasteiger partial charge in [0.15, 0.2) is 0 Å². The number of alkyl halides is 1. The second-order valence-corrected chi connectivity index (χ2v) is 4.87. The molecule has 0 aromatic carbocycles. The van der Waals surface area contributed by atoms with Crippen molar-refractivity contribution >= 4 is 11.6 Å². The normalized spacial score (nSPS) is 18.9. The molecule has 1 heterocycles. The molecule has 1 aromatic heterocycles. The van der Waals surface area contributed by atoms with E-state index in [1.165, 1.54) is 12.8 Å². The largest absolute Gasteiger partial charge is 0.311 e. The maximum absolute atomic E-state index is 5.84. The second-order valence-electron chi connectivity index (χ2n) is 4.60. The van der Waals surface area contributed by atoms with Crippen molar-refractivity contribution in [2.24, 2.45) is 0 Å². The van der Waals surface area contributed by atoms with Gasteiger partial charge in [0, 0.05) is 11.5 Å². The minimum absolute atomic E-state index is 0.265. The molecule has 0 spiro atoms. The summed E-state index contributed by atoms with van der Waals surface area (Å²) in [4.78, 5) is 0. The van der Waals surface area contributed by atoms with Crippen molar-refractivity contribution in [3.05, 3.63) is 11.6 Å². The maximum Gasteiger partial charge on any atom is 0.148 e. The van der Waals surface area contributed by atoms with E-state index in [0.717, 1.165) is 11.6 Å². The van der Waals surface area contributed by atoms with Gasteiger partial charge < -0.3 is 4.57 Å². The van der Waals surface area contributed by atoms with Crippen LogP contribution < -0.4 is 0 Å². The summed E-state index contributed by atoms with van der Waals surface area (Å²) in [5.74, 6) is 2.45. The monoisotopic (exact) mass is 213 g/mol. The molecule has 0 bridgehead atoms. The van der Waals surface area contributed by atoms with Crippen LogP contribution in [0, 0.1) is 0 Å². The topological polar surface area (TPSA) is 30.7 Å². The van der Waals surface area contributed by atoms with Gasteiger partial charge in [-0.1, -0.05) is 6.92 Å². The van der Waals surface area contributed by atoms with Gasteiger partial charge in [-0.25, -0.2) is 0 Å². The molecular formula is C10H16ClN3. The van der Waals surface area contributed by atoms with Gasteiger partial charge in [0.05, 0.1) is 5.88 Å². The van der Waals surface area contributed by atoms with Crippen LogP contribution in [-0.4, -0.2) is 14.8 Å². The Morgan fingerprint density at radius 1 is 1.43 bits per heavy atom. The zero-order valence-electron chi connectivity index (χ0n) is 8.92. The second kappa shape index (κ2) is 3.23. The molecule has 4 heteroatoms. The predicted octanol–water partition coefficient (Wildman–Crippen LogP) is 2.65. The highest BCUT2D eigenvalue weighted by Gasteiger charge is 2.44. The van der Waals surface area contributed by atoms with Crippen molar-refractivity contribution in [3.63, 3.8) is 0 Å². The van der Waals surface area contributed by atoms with Gasteiger partial charge in [-0.15, -0.1) is 21.8 Å². The lowest BCUT2D eigenvalue weighted by Gasteiger charge is -2.16. The standard InChI is InChI=1S/C10H16ClN3/c1-7(2)14-8(6-11)12-13-9(14)10(3)4-5-10/h7H,4-6H2,1-3H3. The number of nitrogens with zero attached hydrogens (tertiary/aromatic N) is 3. The van der Waals surface area contributed by atoms with Gasteiger partial charge in [-0.05, 0) is 26.7 Å². The summed E-state index contributed by atoms with van der Waals surface area (Å²) in [6.45, 7) is 6.54. The van der Waals surface area contributed by atoms with Crippen molar-refractivity contribution in [2.75, 3.05) is 0 Å². The number of hydrogen-bond acceptors (Lipinski definition) is 2.